The topological polar surface area (TPSA) is 138 Å². The largest absolute Gasteiger partial charge is 0.465 e. The molecule has 138 valence electrons. The lowest BCUT2D eigenvalue weighted by Crippen LogP contribution is -2.23. The Bertz CT molecular complexity index is 1110. The summed E-state index contributed by atoms with van der Waals surface area (Å²) in [6.45, 7) is 0.109. The number of hydrogen-bond acceptors (Lipinski definition) is 6. The highest BCUT2D eigenvalue weighted by molar-refractivity contribution is 7.89. The number of carbonyl (C=O) groups is 1. The summed E-state index contributed by atoms with van der Waals surface area (Å²) < 4.78 is 31.9. The van der Waals surface area contributed by atoms with Gasteiger partial charge in [-0.05, 0) is 42.3 Å². The molecule has 0 spiro atoms. The number of pyridine rings is 1. The first kappa shape index (κ1) is 18.2. The molecule has 0 saturated carbocycles. The van der Waals surface area contributed by atoms with Gasteiger partial charge in [0.1, 0.15) is 11.8 Å². The van der Waals surface area contributed by atoms with Crippen LogP contribution >= 0.6 is 0 Å². The Hall–Kier alpha value is -3.58. The van der Waals surface area contributed by atoms with Crippen LogP contribution in [-0.4, -0.2) is 35.1 Å². The number of amides is 1. The van der Waals surface area contributed by atoms with Crippen LogP contribution in [0.4, 0.5) is 4.79 Å². The van der Waals surface area contributed by atoms with Gasteiger partial charge in [0.25, 0.3) is 0 Å². The van der Waals surface area contributed by atoms with Crippen LogP contribution in [-0.2, 0) is 16.4 Å². The second kappa shape index (κ2) is 7.35. The lowest BCUT2D eigenvalue weighted by molar-refractivity contribution is 0.194. The number of nitriles is 1. The Morgan fingerprint density at radius 3 is 2.85 bits per heavy atom. The van der Waals surface area contributed by atoms with Gasteiger partial charge in [0, 0.05) is 24.5 Å². The Balaban J connectivity index is 2.12. The molecule has 1 amide bonds. The van der Waals surface area contributed by atoms with E-state index < -0.39 is 16.1 Å². The molecule has 9 nitrogen and oxygen atoms in total. The first-order valence-electron chi connectivity index (χ1n) is 7.76. The van der Waals surface area contributed by atoms with Gasteiger partial charge in [-0.25, -0.2) is 13.8 Å². The van der Waals surface area contributed by atoms with Crippen molar-refractivity contribution in [1.29, 1.82) is 5.26 Å². The Labute approximate surface area is 154 Å². The molecule has 0 aliphatic heterocycles. The van der Waals surface area contributed by atoms with Crippen molar-refractivity contribution in [3.8, 4) is 17.3 Å². The van der Waals surface area contributed by atoms with Crippen molar-refractivity contribution in [2.45, 2.75) is 11.5 Å². The van der Waals surface area contributed by atoms with E-state index in [4.69, 9.17) is 9.52 Å². The summed E-state index contributed by atoms with van der Waals surface area (Å²) in [7, 11) is -4.04. The van der Waals surface area contributed by atoms with Gasteiger partial charge in [-0.3, -0.25) is 0 Å². The summed E-state index contributed by atoms with van der Waals surface area (Å²) in [5.41, 5.74) is 1.22. The molecule has 3 rings (SSSR count). The zero-order valence-corrected chi connectivity index (χ0v) is 14.7. The average Bonchev–Trinajstić information content (AvgIpc) is 3.32. The Morgan fingerprint density at radius 2 is 2.19 bits per heavy atom. The van der Waals surface area contributed by atoms with Crippen molar-refractivity contribution >= 4 is 16.1 Å². The van der Waals surface area contributed by atoms with E-state index in [1.54, 1.807) is 18.2 Å². The summed E-state index contributed by atoms with van der Waals surface area (Å²) >= 11 is 0. The monoisotopic (exact) mass is 386 g/mol. The smallest absolute Gasteiger partial charge is 0.404 e. The first-order valence-corrected chi connectivity index (χ1v) is 9.20. The molecule has 0 radical (unpaired) electrons. The maximum atomic E-state index is 12.9. The predicted octanol–water partition coefficient (Wildman–Crippen LogP) is 2.06. The summed E-state index contributed by atoms with van der Waals surface area (Å²) in [4.78, 5) is 14.6. The minimum Gasteiger partial charge on any atom is -0.465 e. The zero-order chi connectivity index (χ0) is 19.4. The van der Waals surface area contributed by atoms with Crippen molar-refractivity contribution in [2.24, 2.45) is 0 Å². The van der Waals surface area contributed by atoms with Gasteiger partial charge in [-0.2, -0.15) is 13.7 Å². The predicted molar refractivity (Wildman–Crippen MR) is 93.4 cm³/mol. The molecule has 0 fully saturated rings. The van der Waals surface area contributed by atoms with Crippen LogP contribution in [0.1, 0.15) is 11.3 Å². The van der Waals surface area contributed by atoms with Gasteiger partial charge >= 0.3 is 16.1 Å². The molecular formula is C17H14N4O5S. The molecule has 10 heteroatoms. The number of furan rings is 1. The SMILES string of the molecule is N#Cc1ncccc1-c1cc(CCNC(=O)O)cn1S(=O)(=O)c1ccco1. The van der Waals surface area contributed by atoms with Gasteiger partial charge in [0.15, 0.2) is 0 Å². The van der Waals surface area contributed by atoms with Gasteiger partial charge in [-0.1, -0.05) is 0 Å². The van der Waals surface area contributed by atoms with Crippen molar-refractivity contribution in [3.63, 3.8) is 0 Å². The molecule has 0 bridgehead atoms. The van der Waals surface area contributed by atoms with Crippen LogP contribution in [0.3, 0.4) is 0 Å². The summed E-state index contributed by atoms with van der Waals surface area (Å²) in [5, 5.41) is 20.0. The van der Waals surface area contributed by atoms with E-state index in [1.807, 2.05) is 6.07 Å². The molecule has 0 aromatic carbocycles. The average molecular weight is 386 g/mol. The second-order valence-electron chi connectivity index (χ2n) is 5.46. The number of hydrogen-bond donors (Lipinski definition) is 2. The van der Waals surface area contributed by atoms with E-state index >= 15 is 0 Å². The third-order valence-electron chi connectivity index (χ3n) is 3.73. The van der Waals surface area contributed by atoms with Crippen LogP contribution in [0.2, 0.25) is 0 Å². The Morgan fingerprint density at radius 1 is 1.37 bits per heavy atom. The van der Waals surface area contributed by atoms with Crippen molar-refractivity contribution in [2.75, 3.05) is 6.54 Å². The summed E-state index contributed by atoms with van der Waals surface area (Å²) in [5.74, 6) is 0. The highest BCUT2D eigenvalue weighted by atomic mass is 32.2. The fourth-order valence-electron chi connectivity index (χ4n) is 2.55. The standard InChI is InChI=1S/C17H14N4O5S/c18-10-14-13(3-1-6-19-14)15-9-12(5-7-20-17(22)23)11-21(15)27(24,25)16-4-2-8-26-16/h1-4,6,8-9,11,20H,5,7H2,(H,22,23). The molecule has 0 saturated heterocycles. The molecule has 2 N–H and O–H groups in total. The quantitative estimate of drug-likeness (QED) is 0.661. The molecule has 27 heavy (non-hydrogen) atoms. The number of nitrogens with one attached hydrogen (secondary N) is 1. The lowest BCUT2D eigenvalue weighted by Gasteiger charge is -2.09. The first-order chi connectivity index (χ1) is 12.9. The van der Waals surface area contributed by atoms with E-state index in [0.717, 1.165) is 3.97 Å². The van der Waals surface area contributed by atoms with E-state index in [2.05, 4.69) is 10.3 Å². The van der Waals surface area contributed by atoms with Crippen LogP contribution in [0.5, 0.6) is 0 Å². The second-order valence-corrected chi connectivity index (χ2v) is 7.21. The van der Waals surface area contributed by atoms with E-state index in [1.165, 1.54) is 30.8 Å². The van der Waals surface area contributed by atoms with Crippen molar-refractivity contribution < 1.29 is 22.7 Å². The van der Waals surface area contributed by atoms with E-state index in [0.29, 0.717) is 11.1 Å². The molecule has 0 unspecified atom stereocenters. The van der Waals surface area contributed by atoms with Gasteiger partial charge in [-0.15, -0.1) is 0 Å². The summed E-state index contributed by atoms with van der Waals surface area (Å²) in [6, 6.07) is 9.49. The zero-order valence-electron chi connectivity index (χ0n) is 13.9. The van der Waals surface area contributed by atoms with Crippen molar-refractivity contribution in [1.82, 2.24) is 14.3 Å². The molecule has 3 aromatic rings. The highest BCUT2D eigenvalue weighted by Gasteiger charge is 2.25. The number of rotatable bonds is 6. The minimum absolute atomic E-state index is 0.0710. The van der Waals surface area contributed by atoms with Crippen molar-refractivity contribution in [3.05, 3.63) is 60.2 Å². The third kappa shape index (κ3) is 3.68. The molecule has 0 aliphatic rings. The maximum absolute atomic E-state index is 12.9. The molecule has 0 aliphatic carbocycles. The van der Waals surface area contributed by atoms with Crippen LogP contribution in [0.25, 0.3) is 11.3 Å². The van der Waals surface area contributed by atoms with Crippen LogP contribution in [0.15, 0.2) is 58.5 Å². The molecular weight excluding hydrogens is 372 g/mol. The molecule has 0 atom stereocenters. The molecule has 3 aromatic heterocycles. The normalized spacial score (nSPS) is 11.1. The number of nitrogens with zero attached hydrogens (tertiary/aromatic N) is 3. The fourth-order valence-corrected chi connectivity index (χ4v) is 3.86. The van der Waals surface area contributed by atoms with Gasteiger partial charge < -0.3 is 14.8 Å². The van der Waals surface area contributed by atoms with Gasteiger partial charge in [0.2, 0.25) is 5.09 Å². The fraction of sp³-hybridized carbons (Fsp3) is 0.118. The van der Waals surface area contributed by atoms with Crippen LogP contribution in [0, 0.1) is 11.3 Å². The van der Waals surface area contributed by atoms with E-state index in [9.17, 15) is 18.5 Å². The molecule has 3 heterocycles. The third-order valence-corrected chi connectivity index (χ3v) is 5.29. The summed E-state index contributed by atoms with van der Waals surface area (Å²) in [6.07, 6.45) is 3.16. The minimum atomic E-state index is -4.04. The van der Waals surface area contributed by atoms with E-state index in [-0.39, 0.29) is 29.4 Å². The van der Waals surface area contributed by atoms with Crippen LogP contribution < -0.4 is 5.32 Å². The highest BCUT2D eigenvalue weighted by Crippen LogP contribution is 2.29. The lowest BCUT2D eigenvalue weighted by atomic mass is 10.1. The number of aromatic nitrogens is 2. The maximum Gasteiger partial charge on any atom is 0.404 e. The Kier molecular flexibility index (Phi) is 4.96. The van der Waals surface area contributed by atoms with Gasteiger partial charge in [0.05, 0.1) is 12.0 Å². The number of carboxylic acid groups (broad SMARTS) is 1.